The molecule has 2 aliphatic rings. The van der Waals surface area contributed by atoms with Crippen molar-refractivity contribution < 1.29 is 23.9 Å². The van der Waals surface area contributed by atoms with Gasteiger partial charge in [0, 0.05) is 50.2 Å². The number of allylic oxidation sites excluding steroid dienone is 2. The minimum atomic E-state index is -0.752. The number of hydrogen-bond donors (Lipinski definition) is 2. The van der Waals surface area contributed by atoms with Crippen LogP contribution in [0.4, 0.5) is 5.69 Å². The van der Waals surface area contributed by atoms with E-state index in [-0.39, 0.29) is 40.3 Å². The van der Waals surface area contributed by atoms with Gasteiger partial charge in [-0.05, 0) is 53.4 Å². The van der Waals surface area contributed by atoms with Crippen LogP contribution >= 0.6 is 39.1 Å². The van der Waals surface area contributed by atoms with Gasteiger partial charge in [0.05, 0.1) is 32.1 Å². The molecule has 4 rings (SSSR count). The molecule has 2 amide bonds. The van der Waals surface area contributed by atoms with E-state index in [1.807, 2.05) is 0 Å². The van der Waals surface area contributed by atoms with E-state index in [4.69, 9.17) is 27.9 Å². The molecule has 39 heavy (non-hydrogen) atoms. The van der Waals surface area contributed by atoms with Gasteiger partial charge in [-0.2, -0.15) is 0 Å². The number of pyridine rings is 1. The molecule has 2 aromatic rings. The highest BCUT2D eigenvalue weighted by Gasteiger charge is 2.55. The second kappa shape index (κ2) is 12.1. The Morgan fingerprint density at radius 2 is 1.74 bits per heavy atom. The van der Waals surface area contributed by atoms with Crippen molar-refractivity contribution in [1.29, 1.82) is 0 Å². The van der Waals surface area contributed by atoms with Crippen molar-refractivity contribution in [1.82, 2.24) is 15.2 Å². The Bertz CT molecular complexity index is 1320. The number of halogens is 3. The van der Waals surface area contributed by atoms with Crippen LogP contribution in [0.25, 0.3) is 0 Å². The summed E-state index contributed by atoms with van der Waals surface area (Å²) in [6, 6.07) is 6.24. The number of likely N-dealkylation sites (tertiary alicyclic amines) is 1. The third kappa shape index (κ3) is 5.97. The summed E-state index contributed by atoms with van der Waals surface area (Å²) in [5.41, 5.74) is 1.37. The average molecular weight is 638 g/mol. The van der Waals surface area contributed by atoms with Crippen molar-refractivity contribution in [3.8, 4) is 0 Å². The van der Waals surface area contributed by atoms with Crippen LogP contribution in [0, 0.1) is 5.41 Å². The molecule has 1 saturated heterocycles. The Hall–Kier alpha value is -2.95. The number of carbonyl (C=O) groups excluding carboxylic acids is 4. The van der Waals surface area contributed by atoms with Crippen molar-refractivity contribution in [3.05, 3.63) is 68.0 Å². The van der Waals surface area contributed by atoms with Gasteiger partial charge < -0.3 is 20.3 Å². The van der Waals surface area contributed by atoms with E-state index in [2.05, 4.69) is 31.5 Å². The number of amides is 2. The predicted molar refractivity (Wildman–Crippen MR) is 151 cm³/mol. The zero-order chi connectivity index (χ0) is 28.3. The molecule has 1 unspecified atom stereocenters. The molecule has 2 N–H and O–H groups in total. The lowest BCUT2D eigenvalue weighted by Crippen LogP contribution is -2.57. The van der Waals surface area contributed by atoms with E-state index in [9.17, 15) is 19.2 Å². The first kappa shape index (κ1) is 29.0. The predicted octanol–water partition coefficient (Wildman–Crippen LogP) is 4.52. The number of nitrogens with zero attached hydrogens (tertiary/aromatic N) is 2. The molecule has 1 aromatic carbocycles. The fourth-order valence-electron chi connectivity index (χ4n) is 4.86. The normalized spacial score (nSPS) is 16.9. The monoisotopic (exact) mass is 636 g/mol. The standard InChI is InChI=1S/C27H27BrCl2N4O5/c1-3-39-26(38)20(33-23-22(28)24(36)27(23)8-10-34(11-9-27)15(2)35)12-16-4-6-17(7-5-16)32-25(37)21-18(29)13-31-14-19(21)30/h4-7,13-14,20,33H,3,8-12H2,1-2H3,(H,32,37). The number of aromatic nitrogens is 1. The Morgan fingerprint density at radius 3 is 2.31 bits per heavy atom. The first-order valence-electron chi connectivity index (χ1n) is 12.4. The number of ether oxygens (including phenoxy) is 1. The average Bonchev–Trinajstić information content (AvgIpc) is 2.91. The number of esters is 1. The number of piperidine rings is 1. The van der Waals surface area contributed by atoms with E-state index in [0.29, 0.717) is 41.8 Å². The first-order valence-corrected chi connectivity index (χ1v) is 13.9. The molecule has 1 spiro atoms. The van der Waals surface area contributed by atoms with Crippen molar-refractivity contribution in [2.75, 3.05) is 25.0 Å². The molecule has 1 atom stereocenters. The van der Waals surface area contributed by atoms with Crippen molar-refractivity contribution in [2.24, 2.45) is 5.41 Å². The number of rotatable bonds is 8. The van der Waals surface area contributed by atoms with Gasteiger partial charge in [0.2, 0.25) is 5.91 Å². The van der Waals surface area contributed by atoms with Gasteiger partial charge in [0.1, 0.15) is 6.04 Å². The largest absolute Gasteiger partial charge is 0.464 e. The van der Waals surface area contributed by atoms with Crippen LogP contribution in [0.3, 0.4) is 0 Å². The lowest BCUT2D eigenvalue weighted by molar-refractivity contribution is -0.146. The van der Waals surface area contributed by atoms with Crippen LogP contribution in [-0.2, 0) is 25.5 Å². The maximum atomic E-state index is 12.9. The van der Waals surface area contributed by atoms with Crippen molar-refractivity contribution in [3.63, 3.8) is 0 Å². The minimum absolute atomic E-state index is 0.0229. The number of Topliss-reactive ketones (excluding diaryl/α,β-unsaturated/α-hetero) is 1. The zero-order valence-electron chi connectivity index (χ0n) is 21.4. The molecule has 1 aromatic heterocycles. The fourth-order valence-corrected chi connectivity index (χ4v) is 6.27. The highest BCUT2D eigenvalue weighted by atomic mass is 79.9. The summed E-state index contributed by atoms with van der Waals surface area (Å²) < 4.78 is 5.73. The number of nitrogens with one attached hydrogen (secondary N) is 2. The molecule has 0 bridgehead atoms. The number of ketones is 1. The van der Waals surface area contributed by atoms with Gasteiger partial charge in [0.25, 0.3) is 5.91 Å². The number of anilines is 1. The van der Waals surface area contributed by atoms with E-state index >= 15 is 0 Å². The van der Waals surface area contributed by atoms with E-state index < -0.39 is 23.3 Å². The van der Waals surface area contributed by atoms with E-state index in [0.717, 1.165) is 5.56 Å². The molecule has 9 nitrogen and oxygen atoms in total. The Labute approximate surface area is 244 Å². The van der Waals surface area contributed by atoms with Gasteiger partial charge in [-0.15, -0.1) is 0 Å². The molecule has 0 saturated carbocycles. The summed E-state index contributed by atoms with van der Waals surface area (Å²) >= 11 is 15.5. The summed E-state index contributed by atoms with van der Waals surface area (Å²) in [7, 11) is 0. The lowest BCUT2D eigenvalue weighted by Gasteiger charge is -2.48. The third-order valence-corrected chi connectivity index (χ3v) is 8.35. The molecule has 1 aliphatic heterocycles. The Morgan fingerprint density at radius 1 is 1.13 bits per heavy atom. The smallest absolute Gasteiger partial charge is 0.328 e. The molecule has 1 fully saturated rings. The third-order valence-electron chi connectivity index (χ3n) is 7.02. The van der Waals surface area contributed by atoms with Gasteiger partial charge in [0.15, 0.2) is 5.78 Å². The second-order valence-corrected chi connectivity index (χ2v) is 11.0. The maximum Gasteiger partial charge on any atom is 0.328 e. The van der Waals surface area contributed by atoms with Crippen LogP contribution in [0.5, 0.6) is 0 Å². The van der Waals surface area contributed by atoms with Crippen LogP contribution in [0.15, 0.2) is 46.8 Å². The second-order valence-electron chi connectivity index (χ2n) is 9.39. The van der Waals surface area contributed by atoms with E-state index in [1.165, 1.54) is 19.3 Å². The van der Waals surface area contributed by atoms with Gasteiger partial charge in [-0.25, -0.2) is 4.79 Å². The molecular formula is C27H27BrCl2N4O5. The fraction of sp³-hybridized carbons (Fsp3) is 0.370. The van der Waals surface area contributed by atoms with Crippen LogP contribution < -0.4 is 10.6 Å². The summed E-state index contributed by atoms with van der Waals surface area (Å²) in [4.78, 5) is 55.8. The topological polar surface area (TPSA) is 118 Å². The highest BCUT2D eigenvalue weighted by Crippen LogP contribution is 2.51. The molecule has 0 radical (unpaired) electrons. The first-order chi connectivity index (χ1) is 18.6. The number of benzene rings is 1. The van der Waals surface area contributed by atoms with Crippen molar-refractivity contribution >= 4 is 68.4 Å². The zero-order valence-corrected chi connectivity index (χ0v) is 24.5. The number of hydrogen-bond acceptors (Lipinski definition) is 7. The van der Waals surface area contributed by atoms with Gasteiger partial charge in [-0.3, -0.25) is 19.4 Å². The van der Waals surface area contributed by atoms with Crippen molar-refractivity contribution in [2.45, 2.75) is 39.2 Å². The SMILES string of the molecule is CCOC(=O)C(Cc1ccc(NC(=O)c2c(Cl)cncc2Cl)cc1)NC1=C(Br)C(=O)C12CCN(C(C)=O)CC2. The molecule has 1 aliphatic carbocycles. The van der Waals surface area contributed by atoms with Crippen LogP contribution in [-0.4, -0.2) is 59.2 Å². The molecule has 12 heteroatoms. The Balaban J connectivity index is 1.48. The summed E-state index contributed by atoms with van der Waals surface area (Å²) in [5.74, 6) is -0.963. The molecular weight excluding hydrogens is 611 g/mol. The minimum Gasteiger partial charge on any atom is -0.464 e. The number of carbonyl (C=O) groups is 4. The van der Waals surface area contributed by atoms with Gasteiger partial charge in [-0.1, -0.05) is 35.3 Å². The molecule has 206 valence electrons. The quantitative estimate of drug-likeness (QED) is 0.409. The highest BCUT2D eigenvalue weighted by molar-refractivity contribution is 9.12. The van der Waals surface area contributed by atoms with Crippen LogP contribution in [0.2, 0.25) is 10.0 Å². The summed E-state index contributed by atoms with van der Waals surface area (Å²) in [6.45, 7) is 4.40. The summed E-state index contributed by atoms with van der Waals surface area (Å²) in [5, 5.41) is 6.31. The maximum absolute atomic E-state index is 12.9. The lowest BCUT2D eigenvalue weighted by atomic mass is 9.64. The summed E-state index contributed by atoms with van der Waals surface area (Å²) in [6.07, 6.45) is 3.93. The van der Waals surface area contributed by atoms with E-state index in [1.54, 1.807) is 36.1 Å². The van der Waals surface area contributed by atoms with Gasteiger partial charge >= 0.3 is 5.97 Å². The molecule has 2 heterocycles. The van der Waals surface area contributed by atoms with Crippen LogP contribution in [0.1, 0.15) is 42.6 Å². The Kier molecular flexibility index (Phi) is 8.98.